The molecule has 2 aromatic rings. The summed E-state index contributed by atoms with van der Waals surface area (Å²) < 4.78 is 5.61. The number of fused-ring (bicyclic) bond motifs is 3. The lowest BCUT2D eigenvalue weighted by Gasteiger charge is -2.32. The van der Waals surface area contributed by atoms with Gasteiger partial charge in [0.1, 0.15) is 6.61 Å². The summed E-state index contributed by atoms with van der Waals surface area (Å²) in [7, 11) is 0. The molecule has 0 spiro atoms. The first-order valence-corrected chi connectivity index (χ1v) is 9.84. The summed E-state index contributed by atoms with van der Waals surface area (Å²) in [4.78, 5) is 23.5. The molecule has 0 aromatic heterocycles. The Kier molecular flexibility index (Phi) is 6.02. The average molecular weight is 381 g/mol. The lowest BCUT2D eigenvalue weighted by Crippen LogP contribution is -2.48. The highest BCUT2D eigenvalue weighted by Gasteiger charge is 2.32. The zero-order valence-corrected chi connectivity index (χ0v) is 16.4. The van der Waals surface area contributed by atoms with Crippen molar-refractivity contribution in [2.24, 2.45) is 0 Å². The van der Waals surface area contributed by atoms with Crippen molar-refractivity contribution in [2.45, 2.75) is 51.0 Å². The van der Waals surface area contributed by atoms with Crippen LogP contribution >= 0.6 is 0 Å². The zero-order valence-electron chi connectivity index (χ0n) is 16.4. The van der Waals surface area contributed by atoms with Crippen LogP contribution in [-0.4, -0.2) is 29.3 Å². The molecular formula is C23H27NO4. The van der Waals surface area contributed by atoms with Crippen LogP contribution < -0.4 is 5.32 Å². The number of carbonyl (C=O) groups excluding carboxylic acids is 1. The number of alkyl carbamates (subject to hydrolysis) is 1. The number of rotatable bonds is 8. The Labute approximate surface area is 165 Å². The van der Waals surface area contributed by atoms with E-state index >= 15 is 0 Å². The van der Waals surface area contributed by atoms with Gasteiger partial charge in [0.2, 0.25) is 0 Å². The van der Waals surface area contributed by atoms with Crippen LogP contribution in [0, 0.1) is 0 Å². The van der Waals surface area contributed by atoms with E-state index in [-0.39, 0.29) is 18.9 Å². The number of hydrogen-bond donors (Lipinski definition) is 2. The second-order valence-electron chi connectivity index (χ2n) is 7.33. The van der Waals surface area contributed by atoms with Gasteiger partial charge >= 0.3 is 12.1 Å². The summed E-state index contributed by atoms with van der Waals surface area (Å²) in [6.07, 6.45) is 1.23. The molecule has 1 aliphatic carbocycles. The molecule has 3 rings (SSSR count). The largest absolute Gasteiger partial charge is 0.481 e. The maximum absolute atomic E-state index is 12.5. The molecule has 28 heavy (non-hydrogen) atoms. The quantitative estimate of drug-likeness (QED) is 0.678. The number of carboxylic acids is 1. The Morgan fingerprint density at radius 3 is 2.04 bits per heavy atom. The van der Waals surface area contributed by atoms with E-state index in [1.54, 1.807) is 0 Å². The molecule has 0 aliphatic heterocycles. The molecule has 1 amide bonds. The molecule has 1 aliphatic rings. The van der Waals surface area contributed by atoms with Crippen molar-refractivity contribution >= 4 is 12.1 Å². The topological polar surface area (TPSA) is 75.6 Å². The van der Waals surface area contributed by atoms with E-state index in [0.29, 0.717) is 19.3 Å². The second kappa shape index (κ2) is 8.46. The Balaban J connectivity index is 1.70. The molecule has 5 nitrogen and oxygen atoms in total. The lowest BCUT2D eigenvalue weighted by atomic mass is 9.88. The van der Waals surface area contributed by atoms with Gasteiger partial charge in [-0.1, -0.05) is 62.4 Å². The fourth-order valence-corrected chi connectivity index (χ4v) is 4.04. The van der Waals surface area contributed by atoms with Crippen LogP contribution in [0.2, 0.25) is 0 Å². The Morgan fingerprint density at radius 2 is 1.54 bits per heavy atom. The van der Waals surface area contributed by atoms with E-state index in [2.05, 4.69) is 29.6 Å². The van der Waals surface area contributed by atoms with Crippen molar-refractivity contribution in [3.8, 4) is 11.1 Å². The summed E-state index contributed by atoms with van der Waals surface area (Å²) in [5.74, 6) is -0.851. The predicted molar refractivity (Wildman–Crippen MR) is 108 cm³/mol. The summed E-state index contributed by atoms with van der Waals surface area (Å²) in [5, 5.41) is 11.9. The monoisotopic (exact) mass is 381 g/mol. The predicted octanol–water partition coefficient (Wildman–Crippen LogP) is 4.95. The highest BCUT2D eigenvalue weighted by atomic mass is 16.5. The van der Waals surface area contributed by atoms with Crippen molar-refractivity contribution < 1.29 is 19.4 Å². The summed E-state index contributed by atoms with van der Waals surface area (Å²) in [6, 6.07) is 16.4. The van der Waals surface area contributed by atoms with Gasteiger partial charge < -0.3 is 15.2 Å². The molecule has 148 valence electrons. The minimum absolute atomic E-state index is 0.00910. The number of hydrogen-bond acceptors (Lipinski definition) is 3. The van der Waals surface area contributed by atoms with Crippen LogP contribution in [0.1, 0.15) is 56.6 Å². The number of nitrogens with one attached hydrogen (secondary N) is 1. The van der Waals surface area contributed by atoms with E-state index in [1.807, 2.05) is 38.1 Å². The molecule has 0 unspecified atom stereocenters. The number of amides is 1. The van der Waals surface area contributed by atoms with Gasteiger partial charge in [-0.3, -0.25) is 4.79 Å². The molecule has 0 heterocycles. The third-order valence-corrected chi connectivity index (χ3v) is 5.88. The van der Waals surface area contributed by atoms with Crippen LogP contribution in [0.3, 0.4) is 0 Å². The first-order chi connectivity index (χ1) is 13.5. The van der Waals surface area contributed by atoms with Crippen LogP contribution in [0.15, 0.2) is 48.5 Å². The average Bonchev–Trinajstić information content (AvgIpc) is 3.03. The van der Waals surface area contributed by atoms with Crippen molar-refractivity contribution in [3.05, 3.63) is 59.7 Å². The second-order valence-corrected chi connectivity index (χ2v) is 7.33. The highest BCUT2D eigenvalue weighted by molar-refractivity contribution is 5.79. The van der Waals surface area contributed by atoms with Crippen LogP contribution in [0.25, 0.3) is 11.1 Å². The van der Waals surface area contributed by atoms with Crippen molar-refractivity contribution in [1.29, 1.82) is 0 Å². The molecule has 5 heteroatoms. The summed E-state index contributed by atoms with van der Waals surface area (Å²) in [6.45, 7) is 4.16. The molecule has 0 atom stereocenters. The van der Waals surface area contributed by atoms with Crippen molar-refractivity contribution in [2.75, 3.05) is 6.61 Å². The molecule has 0 bridgehead atoms. The maximum atomic E-state index is 12.5. The van der Waals surface area contributed by atoms with E-state index in [0.717, 1.165) is 0 Å². The third kappa shape index (κ3) is 4.03. The fourth-order valence-electron chi connectivity index (χ4n) is 4.04. The van der Waals surface area contributed by atoms with Gasteiger partial charge in [0.15, 0.2) is 0 Å². The molecule has 2 aromatic carbocycles. The number of aliphatic carboxylic acids is 1. The van der Waals surface area contributed by atoms with E-state index < -0.39 is 17.6 Å². The van der Waals surface area contributed by atoms with Crippen LogP contribution in [0.5, 0.6) is 0 Å². The third-order valence-electron chi connectivity index (χ3n) is 5.88. The normalized spacial score (nSPS) is 12.9. The van der Waals surface area contributed by atoms with E-state index in [1.165, 1.54) is 22.3 Å². The van der Waals surface area contributed by atoms with E-state index in [4.69, 9.17) is 9.84 Å². The first kappa shape index (κ1) is 19.9. The smallest absolute Gasteiger partial charge is 0.407 e. The van der Waals surface area contributed by atoms with Gasteiger partial charge in [-0.15, -0.1) is 0 Å². The van der Waals surface area contributed by atoms with Gasteiger partial charge in [0.25, 0.3) is 0 Å². The van der Waals surface area contributed by atoms with Gasteiger partial charge in [0.05, 0.1) is 0 Å². The number of ether oxygens (including phenoxy) is 1. The highest BCUT2D eigenvalue weighted by Crippen LogP contribution is 2.44. The Morgan fingerprint density at radius 1 is 1.00 bits per heavy atom. The number of carbonyl (C=O) groups is 2. The van der Waals surface area contributed by atoms with Gasteiger partial charge in [0, 0.05) is 17.9 Å². The standard InChI is InChI=1S/C23H27NO4/c1-3-23(4-2,14-13-21(25)26)24-22(27)28-15-20-18-11-7-5-9-16(18)17-10-6-8-12-19(17)20/h5-12,20H,3-4,13-15H2,1-2H3,(H,24,27)(H,25,26). The fraction of sp³-hybridized carbons (Fsp3) is 0.391. The molecule has 0 saturated carbocycles. The van der Waals surface area contributed by atoms with Gasteiger partial charge in [-0.25, -0.2) is 4.79 Å². The Bertz CT molecular complexity index is 812. The minimum Gasteiger partial charge on any atom is -0.481 e. The first-order valence-electron chi connectivity index (χ1n) is 9.84. The molecule has 0 radical (unpaired) electrons. The maximum Gasteiger partial charge on any atom is 0.407 e. The molecular weight excluding hydrogens is 354 g/mol. The lowest BCUT2D eigenvalue weighted by molar-refractivity contribution is -0.137. The van der Waals surface area contributed by atoms with Gasteiger partial charge in [-0.05, 0) is 41.5 Å². The molecule has 2 N–H and O–H groups in total. The molecule has 0 saturated heterocycles. The van der Waals surface area contributed by atoms with Crippen molar-refractivity contribution in [3.63, 3.8) is 0 Å². The van der Waals surface area contributed by atoms with Crippen LogP contribution in [0.4, 0.5) is 4.79 Å². The SMILES string of the molecule is CCC(CC)(CCC(=O)O)NC(=O)OCC1c2ccccc2-c2ccccc21. The van der Waals surface area contributed by atoms with E-state index in [9.17, 15) is 9.59 Å². The number of benzene rings is 2. The van der Waals surface area contributed by atoms with Gasteiger partial charge in [-0.2, -0.15) is 0 Å². The summed E-state index contributed by atoms with van der Waals surface area (Å²) >= 11 is 0. The van der Waals surface area contributed by atoms with Crippen LogP contribution in [-0.2, 0) is 9.53 Å². The Hall–Kier alpha value is -2.82. The summed E-state index contributed by atoms with van der Waals surface area (Å²) in [5.41, 5.74) is 4.15. The van der Waals surface area contributed by atoms with Crippen molar-refractivity contribution in [1.82, 2.24) is 5.32 Å². The minimum atomic E-state index is -0.861. The number of carboxylic acid groups (broad SMARTS) is 1. The zero-order chi connectivity index (χ0) is 20.1. The molecule has 0 fully saturated rings.